The molecular weight excluding hydrogens is 210 g/mol. The van der Waals surface area contributed by atoms with E-state index in [0.29, 0.717) is 6.07 Å². The second-order valence-corrected chi connectivity index (χ2v) is 3.62. The molecule has 0 bridgehead atoms. The Kier molecular flexibility index (Phi) is 2.93. The van der Waals surface area contributed by atoms with E-state index in [-0.39, 0.29) is 11.5 Å². The number of nitrogens with two attached hydrogens (primary N) is 1. The Morgan fingerprint density at radius 3 is 2.13 bits per heavy atom. The van der Waals surface area contributed by atoms with Crippen LogP contribution in [0.4, 0.5) is 23.2 Å². The number of rotatable bonds is 1. The molecule has 0 aliphatic rings. The van der Waals surface area contributed by atoms with Crippen LogP contribution in [0.1, 0.15) is 30.9 Å². The number of nitrogen functional groups attached to an aromatic ring is 1. The molecule has 0 spiro atoms. The molecule has 5 heteroatoms. The number of benzene rings is 1. The largest absolute Gasteiger partial charge is 0.416 e. The van der Waals surface area contributed by atoms with Gasteiger partial charge in [0.15, 0.2) is 0 Å². The average Bonchev–Trinajstić information content (AvgIpc) is 2.06. The van der Waals surface area contributed by atoms with Gasteiger partial charge in [-0.25, -0.2) is 4.39 Å². The summed E-state index contributed by atoms with van der Waals surface area (Å²) in [6.45, 7) is 3.22. The van der Waals surface area contributed by atoms with Crippen LogP contribution in [0.2, 0.25) is 0 Å². The van der Waals surface area contributed by atoms with Gasteiger partial charge in [-0.1, -0.05) is 13.8 Å². The van der Waals surface area contributed by atoms with Crippen molar-refractivity contribution < 1.29 is 17.6 Å². The van der Waals surface area contributed by atoms with Crippen molar-refractivity contribution in [3.05, 3.63) is 29.1 Å². The summed E-state index contributed by atoms with van der Waals surface area (Å²) >= 11 is 0. The van der Waals surface area contributed by atoms with Crippen molar-refractivity contribution in [2.45, 2.75) is 25.9 Å². The predicted molar refractivity (Wildman–Crippen MR) is 49.9 cm³/mol. The van der Waals surface area contributed by atoms with Gasteiger partial charge in [0, 0.05) is 0 Å². The smallest absolute Gasteiger partial charge is 0.396 e. The number of anilines is 1. The molecule has 0 aromatic heterocycles. The monoisotopic (exact) mass is 221 g/mol. The Labute approximate surface area is 84.9 Å². The van der Waals surface area contributed by atoms with Gasteiger partial charge in [0.2, 0.25) is 0 Å². The summed E-state index contributed by atoms with van der Waals surface area (Å²) in [6, 6.07) is 1.41. The van der Waals surface area contributed by atoms with E-state index in [0.717, 1.165) is 6.07 Å². The molecule has 0 radical (unpaired) electrons. The van der Waals surface area contributed by atoms with Crippen LogP contribution >= 0.6 is 0 Å². The Balaban J connectivity index is 3.36. The molecule has 0 aliphatic heterocycles. The van der Waals surface area contributed by atoms with E-state index in [9.17, 15) is 17.6 Å². The summed E-state index contributed by atoms with van der Waals surface area (Å²) in [5, 5.41) is 0. The second-order valence-electron chi connectivity index (χ2n) is 3.62. The first-order chi connectivity index (χ1) is 6.73. The highest BCUT2D eigenvalue weighted by Crippen LogP contribution is 2.34. The number of alkyl halides is 3. The molecule has 0 saturated heterocycles. The second kappa shape index (κ2) is 3.72. The van der Waals surface area contributed by atoms with Gasteiger partial charge in [-0.2, -0.15) is 13.2 Å². The molecule has 0 fully saturated rings. The van der Waals surface area contributed by atoms with Gasteiger partial charge < -0.3 is 5.73 Å². The molecule has 0 aliphatic carbocycles. The van der Waals surface area contributed by atoms with Gasteiger partial charge in [-0.3, -0.25) is 0 Å². The van der Waals surface area contributed by atoms with Crippen LogP contribution in [0.3, 0.4) is 0 Å². The van der Waals surface area contributed by atoms with E-state index < -0.39 is 23.2 Å². The van der Waals surface area contributed by atoms with E-state index in [1.54, 1.807) is 13.8 Å². The number of halogens is 4. The lowest BCUT2D eigenvalue weighted by molar-refractivity contribution is -0.137. The molecule has 0 atom stereocenters. The van der Waals surface area contributed by atoms with E-state index >= 15 is 0 Å². The summed E-state index contributed by atoms with van der Waals surface area (Å²) in [5.74, 6) is -1.10. The molecular formula is C10H11F4N. The summed E-state index contributed by atoms with van der Waals surface area (Å²) < 4.78 is 50.4. The van der Waals surface area contributed by atoms with Crippen molar-refractivity contribution in [1.29, 1.82) is 0 Å². The summed E-state index contributed by atoms with van der Waals surface area (Å²) in [4.78, 5) is 0. The van der Waals surface area contributed by atoms with Gasteiger partial charge in [-0.05, 0) is 23.6 Å². The molecule has 2 N–H and O–H groups in total. The fourth-order valence-corrected chi connectivity index (χ4v) is 1.25. The normalized spacial score (nSPS) is 12.2. The summed E-state index contributed by atoms with van der Waals surface area (Å²) in [5.41, 5.74) is 3.79. The molecule has 0 saturated carbocycles. The lowest BCUT2D eigenvalue weighted by atomic mass is 9.99. The third-order valence-electron chi connectivity index (χ3n) is 2.08. The first-order valence-corrected chi connectivity index (χ1v) is 4.39. The maximum Gasteiger partial charge on any atom is 0.416 e. The summed E-state index contributed by atoms with van der Waals surface area (Å²) in [6.07, 6.45) is -4.49. The lowest BCUT2D eigenvalue weighted by Gasteiger charge is -2.13. The van der Waals surface area contributed by atoms with E-state index in [1.165, 1.54) is 0 Å². The van der Waals surface area contributed by atoms with Gasteiger partial charge in [0.25, 0.3) is 0 Å². The zero-order valence-electron chi connectivity index (χ0n) is 8.32. The zero-order chi connectivity index (χ0) is 11.8. The van der Waals surface area contributed by atoms with Crippen LogP contribution in [0.25, 0.3) is 0 Å². The molecule has 0 unspecified atom stereocenters. The topological polar surface area (TPSA) is 26.0 Å². The quantitative estimate of drug-likeness (QED) is 0.569. The first kappa shape index (κ1) is 11.8. The third-order valence-corrected chi connectivity index (χ3v) is 2.08. The fourth-order valence-electron chi connectivity index (χ4n) is 1.25. The van der Waals surface area contributed by atoms with Crippen LogP contribution in [0, 0.1) is 5.82 Å². The van der Waals surface area contributed by atoms with Crippen molar-refractivity contribution in [2.24, 2.45) is 0 Å². The van der Waals surface area contributed by atoms with E-state index in [1.807, 2.05) is 0 Å². The van der Waals surface area contributed by atoms with Crippen molar-refractivity contribution in [3.63, 3.8) is 0 Å². The van der Waals surface area contributed by atoms with Gasteiger partial charge in [-0.15, -0.1) is 0 Å². The third kappa shape index (κ3) is 2.40. The summed E-state index contributed by atoms with van der Waals surface area (Å²) in [7, 11) is 0. The minimum absolute atomic E-state index is 0.0117. The van der Waals surface area contributed by atoms with Crippen molar-refractivity contribution >= 4 is 5.69 Å². The highest BCUT2D eigenvalue weighted by Gasteiger charge is 2.32. The SMILES string of the molecule is CC(C)c1cc(C(F)(F)F)cc(N)c1F. The molecule has 1 aromatic rings. The van der Waals surface area contributed by atoms with Crippen LogP contribution in [-0.4, -0.2) is 0 Å². The number of hydrogen-bond acceptors (Lipinski definition) is 1. The standard InChI is InChI=1S/C10H11F4N/c1-5(2)7-3-6(10(12,13)14)4-8(15)9(7)11/h3-5H,15H2,1-2H3. The Morgan fingerprint density at radius 2 is 1.73 bits per heavy atom. The van der Waals surface area contributed by atoms with Crippen molar-refractivity contribution in [3.8, 4) is 0 Å². The van der Waals surface area contributed by atoms with Gasteiger partial charge >= 0.3 is 6.18 Å². The van der Waals surface area contributed by atoms with Gasteiger partial charge in [0.1, 0.15) is 5.82 Å². The van der Waals surface area contributed by atoms with Crippen molar-refractivity contribution in [1.82, 2.24) is 0 Å². The van der Waals surface area contributed by atoms with E-state index in [2.05, 4.69) is 0 Å². The fraction of sp³-hybridized carbons (Fsp3) is 0.400. The first-order valence-electron chi connectivity index (χ1n) is 4.39. The maximum absolute atomic E-state index is 13.3. The lowest BCUT2D eigenvalue weighted by Crippen LogP contribution is -2.09. The van der Waals surface area contributed by atoms with Crippen LogP contribution in [0.15, 0.2) is 12.1 Å². The van der Waals surface area contributed by atoms with E-state index in [4.69, 9.17) is 5.73 Å². The molecule has 0 heterocycles. The van der Waals surface area contributed by atoms with Crippen LogP contribution < -0.4 is 5.73 Å². The molecule has 1 rings (SSSR count). The minimum Gasteiger partial charge on any atom is -0.396 e. The molecule has 1 nitrogen and oxygen atoms in total. The predicted octanol–water partition coefficient (Wildman–Crippen LogP) is 3.55. The van der Waals surface area contributed by atoms with Gasteiger partial charge in [0.05, 0.1) is 11.3 Å². The Hall–Kier alpha value is -1.26. The highest BCUT2D eigenvalue weighted by atomic mass is 19.4. The zero-order valence-corrected chi connectivity index (χ0v) is 8.32. The molecule has 84 valence electrons. The number of hydrogen-bond donors (Lipinski definition) is 1. The van der Waals surface area contributed by atoms with Crippen molar-refractivity contribution in [2.75, 3.05) is 5.73 Å². The Bertz CT molecular complexity index is 368. The maximum atomic E-state index is 13.3. The van der Waals surface area contributed by atoms with Crippen LogP contribution in [-0.2, 0) is 6.18 Å². The molecule has 0 amide bonds. The highest BCUT2D eigenvalue weighted by molar-refractivity contribution is 5.48. The minimum atomic E-state index is -4.49. The Morgan fingerprint density at radius 1 is 1.20 bits per heavy atom. The van der Waals surface area contributed by atoms with Crippen LogP contribution in [0.5, 0.6) is 0 Å². The molecule has 1 aromatic carbocycles. The molecule has 15 heavy (non-hydrogen) atoms. The average molecular weight is 221 g/mol.